The first-order valence-electron chi connectivity index (χ1n) is 10.7. The van der Waals surface area contributed by atoms with Crippen molar-refractivity contribution in [2.45, 2.75) is 18.6 Å². The zero-order valence-corrected chi connectivity index (χ0v) is 21.3. The maximum absolute atomic E-state index is 12.7. The fourth-order valence-electron chi connectivity index (χ4n) is 3.37. The largest absolute Gasteiger partial charge is 0.493 e. The van der Waals surface area contributed by atoms with Gasteiger partial charge in [-0.05, 0) is 43.3 Å². The number of esters is 2. The maximum atomic E-state index is 12.7. The van der Waals surface area contributed by atoms with E-state index < -0.39 is 11.9 Å². The average molecular weight is 515 g/mol. The van der Waals surface area contributed by atoms with Crippen LogP contribution in [0.2, 0.25) is 0 Å². The van der Waals surface area contributed by atoms with Crippen LogP contribution in [0.15, 0.2) is 41.6 Å². The Morgan fingerprint density at radius 1 is 0.889 bits per heavy atom. The molecular weight excluding hydrogens is 488 g/mol. The molecule has 0 fully saturated rings. The molecule has 3 rings (SSSR count). The molecule has 0 atom stereocenters. The fraction of sp³-hybridized carbons (Fsp3) is 0.292. The minimum atomic E-state index is -0.649. The van der Waals surface area contributed by atoms with Crippen molar-refractivity contribution in [3.05, 3.63) is 47.5 Å². The van der Waals surface area contributed by atoms with E-state index >= 15 is 0 Å². The highest BCUT2D eigenvalue weighted by Crippen LogP contribution is 2.33. The third-order valence-electron chi connectivity index (χ3n) is 5.07. The number of nitrogens with one attached hydrogen (secondary N) is 1. The summed E-state index contributed by atoms with van der Waals surface area (Å²) in [5, 5.41) is 11.8. The predicted molar refractivity (Wildman–Crippen MR) is 133 cm³/mol. The highest BCUT2D eigenvalue weighted by Gasteiger charge is 2.18. The van der Waals surface area contributed by atoms with Crippen molar-refractivity contribution in [1.82, 2.24) is 14.8 Å². The second-order valence-electron chi connectivity index (χ2n) is 7.24. The van der Waals surface area contributed by atoms with Crippen LogP contribution in [0.25, 0.3) is 11.4 Å². The van der Waals surface area contributed by atoms with Crippen LogP contribution in [0.5, 0.6) is 11.5 Å². The van der Waals surface area contributed by atoms with E-state index in [4.69, 9.17) is 18.9 Å². The van der Waals surface area contributed by atoms with Crippen molar-refractivity contribution >= 4 is 35.3 Å². The van der Waals surface area contributed by atoms with Crippen molar-refractivity contribution in [2.75, 3.05) is 39.5 Å². The molecule has 12 heteroatoms. The van der Waals surface area contributed by atoms with Crippen molar-refractivity contribution in [2.24, 2.45) is 0 Å². The quantitative estimate of drug-likeness (QED) is 0.318. The van der Waals surface area contributed by atoms with Gasteiger partial charge in [-0.15, -0.1) is 10.2 Å². The minimum absolute atomic E-state index is 0.0140. The summed E-state index contributed by atoms with van der Waals surface area (Å²) in [6.07, 6.45) is 0. The lowest BCUT2D eigenvalue weighted by molar-refractivity contribution is -0.113. The summed E-state index contributed by atoms with van der Waals surface area (Å²) >= 11 is 1.20. The first-order chi connectivity index (χ1) is 17.3. The Kier molecular flexibility index (Phi) is 8.90. The van der Waals surface area contributed by atoms with Gasteiger partial charge in [0.05, 0.1) is 45.3 Å². The molecule has 0 saturated carbocycles. The van der Waals surface area contributed by atoms with E-state index in [1.807, 2.05) is 23.6 Å². The van der Waals surface area contributed by atoms with E-state index in [-0.39, 0.29) is 28.5 Å². The maximum Gasteiger partial charge on any atom is 0.337 e. The van der Waals surface area contributed by atoms with Crippen molar-refractivity contribution < 1.29 is 33.3 Å². The number of rotatable bonds is 10. The highest BCUT2D eigenvalue weighted by atomic mass is 32.2. The summed E-state index contributed by atoms with van der Waals surface area (Å²) < 4.78 is 22.0. The zero-order chi connectivity index (χ0) is 26.2. The predicted octanol–water partition coefficient (Wildman–Crippen LogP) is 3.29. The molecule has 1 N–H and O–H groups in total. The number of carbonyl (C=O) groups is 3. The van der Waals surface area contributed by atoms with Crippen LogP contribution in [-0.4, -0.2) is 66.8 Å². The summed E-state index contributed by atoms with van der Waals surface area (Å²) in [6.45, 7) is 2.52. The molecule has 3 aromatic rings. The zero-order valence-electron chi connectivity index (χ0n) is 20.5. The Balaban J connectivity index is 1.76. The van der Waals surface area contributed by atoms with Crippen LogP contribution in [0.3, 0.4) is 0 Å². The first-order valence-corrected chi connectivity index (χ1v) is 11.7. The number of hydrogen-bond acceptors (Lipinski definition) is 10. The van der Waals surface area contributed by atoms with Crippen LogP contribution in [-0.2, 0) is 20.8 Å². The number of aromatic nitrogens is 3. The Morgan fingerprint density at radius 3 is 2.08 bits per heavy atom. The molecule has 0 unspecified atom stereocenters. The number of anilines is 1. The Hall–Kier alpha value is -4.06. The molecule has 0 aliphatic carbocycles. The van der Waals surface area contributed by atoms with E-state index in [0.29, 0.717) is 29.0 Å². The van der Waals surface area contributed by atoms with Gasteiger partial charge in [-0.1, -0.05) is 11.8 Å². The Labute approximate surface area is 212 Å². The molecule has 0 saturated heterocycles. The summed E-state index contributed by atoms with van der Waals surface area (Å²) in [5.74, 6) is 0.135. The first kappa shape index (κ1) is 26.5. The summed E-state index contributed by atoms with van der Waals surface area (Å²) in [4.78, 5) is 36.6. The molecule has 0 bridgehead atoms. The molecule has 0 spiro atoms. The highest BCUT2D eigenvalue weighted by molar-refractivity contribution is 7.99. The van der Waals surface area contributed by atoms with Gasteiger partial charge in [0, 0.05) is 17.8 Å². The normalized spacial score (nSPS) is 10.5. The number of nitrogens with zero attached hydrogens (tertiary/aromatic N) is 3. The van der Waals surface area contributed by atoms with Gasteiger partial charge in [0.1, 0.15) is 0 Å². The lowest BCUT2D eigenvalue weighted by atomic mass is 10.1. The SMILES string of the molecule is CCn1c(SCC(=O)Nc2cc(C(=O)OC)cc(C(=O)OC)c2)nnc1-c1ccc(OC)c(OC)c1. The van der Waals surface area contributed by atoms with Gasteiger partial charge in [-0.25, -0.2) is 9.59 Å². The molecule has 1 heterocycles. The molecule has 11 nitrogen and oxygen atoms in total. The Morgan fingerprint density at radius 2 is 1.53 bits per heavy atom. The molecule has 1 amide bonds. The van der Waals surface area contributed by atoms with Crippen LogP contribution in [0.1, 0.15) is 27.6 Å². The molecular formula is C24H26N4O7S. The molecule has 2 aromatic carbocycles. The second-order valence-corrected chi connectivity index (χ2v) is 8.18. The number of amides is 1. The molecule has 0 radical (unpaired) electrons. The molecule has 0 aliphatic heterocycles. The number of benzene rings is 2. The fourth-order valence-corrected chi connectivity index (χ4v) is 4.17. The number of ether oxygens (including phenoxy) is 4. The summed E-state index contributed by atoms with van der Waals surface area (Å²) in [6, 6.07) is 9.62. The van der Waals surface area contributed by atoms with Gasteiger partial charge in [0.15, 0.2) is 22.5 Å². The third kappa shape index (κ3) is 5.95. The molecule has 0 aliphatic rings. The molecule has 1 aromatic heterocycles. The number of hydrogen-bond donors (Lipinski definition) is 1. The standard InChI is InChI=1S/C24H26N4O7S/c1-6-28-21(14-7-8-18(32-2)19(12-14)33-3)26-27-24(28)36-13-20(29)25-17-10-15(22(30)34-4)9-16(11-17)23(31)35-5/h7-12H,6,13H2,1-5H3,(H,25,29). The van der Waals surface area contributed by atoms with Gasteiger partial charge in [0.2, 0.25) is 5.91 Å². The van der Waals surface area contributed by atoms with Crippen LogP contribution < -0.4 is 14.8 Å². The molecule has 36 heavy (non-hydrogen) atoms. The van der Waals surface area contributed by atoms with Gasteiger partial charge >= 0.3 is 11.9 Å². The topological polar surface area (TPSA) is 131 Å². The van der Waals surface area contributed by atoms with Crippen molar-refractivity contribution in [3.8, 4) is 22.9 Å². The number of thioether (sulfide) groups is 1. The van der Waals surface area contributed by atoms with Gasteiger partial charge in [-0.3, -0.25) is 4.79 Å². The van der Waals surface area contributed by atoms with Crippen molar-refractivity contribution in [1.29, 1.82) is 0 Å². The summed E-state index contributed by atoms with van der Waals surface area (Å²) in [7, 11) is 5.57. The summed E-state index contributed by atoms with van der Waals surface area (Å²) in [5.41, 5.74) is 1.25. The van der Waals surface area contributed by atoms with E-state index in [2.05, 4.69) is 15.5 Å². The smallest absolute Gasteiger partial charge is 0.337 e. The third-order valence-corrected chi connectivity index (χ3v) is 6.03. The van der Waals surface area contributed by atoms with Crippen LogP contribution in [0, 0.1) is 0 Å². The van der Waals surface area contributed by atoms with Gasteiger partial charge in [-0.2, -0.15) is 0 Å². The minimum Gasteiger partial charge on any atom is -0.493 e. The second kappa shape index (κ2) is 12.1. The van der Waals surface area contributed by atoms with Crippen molar-refractivity contribution in [3.63, 3.8) is 0 Å². The monoisotopic (exact) mass is 514 g/mol. The van der Waals surface area contributed by atoms with E-state index in [1.54, 1.807) is 20.3 Å². The Bertz CT molecular complexity index is 1240. The van der Waals surface area contributed by atoms with Gasteiger partial charge in [0.25, 0.3) is 0 Å². The lowest BCUT2D eigenvalue weighted by Gasteiger charge is -2.11. The van der Waals surface area contributed by atoms with E-state index in [0.717, 1.165) is 5.56 Å². The van der Waals surface area contributed by atoms with Crippen LogP contribution >= 0.6 is 11.8 Å². The number of carbonyl (C=O) groups excluding carboxylic acids is 3. The van der Waals surface area contributed by atoms with E-state index in [1.165, 1.54) is 44.2 Å². The average Bonchev–Trinajstić information content (AvgIpc) is 3.33. The number of methoxy groups -OCH3 is 4. The molecule has 190 valence electrons. The van der Waals surface area contributed by atoms with Crippen LogP contribution in [0.4, 0.5) is 5.69 Å². The lowest BCUT2D eigenvalue weighted by Crippen LogP contribution is -2.16. The van der Waals surface area contributed by atoms with E-state index in [9.17, 15) is 14.4 Å². The van der Waals surface area contributed by atoms with Gasteiger partial charge < -0.3 is 28.8 Å².